The van der Waals surface area contributed by atoms with E-state index in [-0.39, 0.29) is 17.7 Å². The lowest BCUT2D eigenvalue weighted by atomic mass is 9.86. The van der Waals surface area contributed by atoms with E-state index in [2.05, 4.69) is 31.7 Å². The van der Waals surface area contributed by atoms with Crippen molar-refractivity contribution in [2.75, 3.05) is 39.8 Å². The number of aromatic nitrogens is 3. The lowest BCUT2D eigenvalue weighted by molar-refractivity contribution is 0.0839. The van der Waals surface area contributed by atoms with Gasteiger partial charge in [0.1, 0.15) is 11.8 Å². The lowest BCUT2D eigenvalue weighted by Gasteiger charge is -2.36. The number of ether oxygens (including phenoxy) is 1. The summed E-state index contributed by atoms with van der Waals surface area (Å²) in [7, 11) is 2.12. The summed E-state index contributed by atoms with van der Waals surface area (Å²) in [4.78, 5) is 34.8. The molecule has 37 heavy (non-hydrogen) atoms. The maximum Gasteiger partial charge on any atom is 0.317 e. The van der Waals surface area contributed by atoms with Gasteiger partial charge in [-0.05, 0) is 45.8 Å². The molecule has 192 valence electrons. The average Bonchev–Trinajstić information content (AvgIpc) is 3.32. The highest BCUT2D eigenvalue weighted by Gasteiger charge is 2.34. The smallest absolute Gasteiger partial charge is 0.317 e. The van der Waals surface area contributed by atoms with E-state index < -0.39 is 0 Å². The van der Waals surface area contributed by atoms with Gasteiger partial charge in [0, 0.05) is 35.2 Å². The zero-order chi connectivity index (χ0) is 25.8. The molecule has 1 aromatic carbocycles. The number of fused-ring (bicyclic) bond motifs is 1. The van der Waals surface area contributed by atoms with Crippen LogP contribution < -0.4 is 4.74 Å². The number of halogens is 1. The van der Waals surface area contributed by atoms with Gasteiger partial charge in [0.15, 0.2) is 5.78 Å². The number of pyridine rings is 1. The summed E-state index contributed by atoms with van der Waals surface area (Å²) < 4.78 is 6.11. The molecule has 0 radical (unpaired) electrons. The largest absolute Gasteiger partial charge is 0.462 e. The molecule has 5 rings (SSSR count). The number of hydrogen-bond donors (Lipinski definition) is 0. The quantitative estimate of drug-likeness (QED) is 0.247. The third-order valence-corrected chi connectivity index (χ3v) is 7.81. The summed E-state index contributed by atoms with van der Waals surface area (Å²) in [6.45, 7) is 10.5. The van der Waals surface area contributed by atoms with Gasteiger partial charge < -0.3 is 14.5 Å². The molecule has 0 N–H and O–H groups in total. The first-order chi connectivity index (χ1) is 18.0. The highest BCUT2D eigenvalue weighted by molar-refractivity contribution is 6.30. The predicted octanol–water partition coefficient (Wildman–Crippen LogP) is 4.50. The number of Topliss-reactive ketones (excluding diaryl/α,β-unsaturated/α-hetero) is 1. The molecule has 2 fully saturated rings. The van der Waals surface area contributed by atoms with Crippen LogP contribution in [0.15, 0.2) is 42.6 Å². The number of hydrogen-bond acceptors (Lipinski definition) is 7. The van der Waals surface area contributed by atoms with Crippen molar-refractivity contribution in [2.24, 2.45) is 0 Å². The summed E-state index contributed by atoms with van der Waals surface area (Å²) >= 11 is 6.20. The van der Waals surface area contributed by atoms with Crippen LogP contribution in [0.2, 0.25) is 5.15 Å². The molecule has 0 spiro atoms. The fourth-order valence-corrected chi connectivity index (χ4v) is 5.64. The molecule has 0 bridgehead atoms. The number of likely N-dealkylation sites (tertiary alicyclic amines) is 2. The molecule has 0 aliphatic carbocycles. The molecule has 2 aliphatic rings. The Morgan fingerprint density at radius 1 is 1.19 bits per heavy atom. The van der Waals surface area contributed by atoms with Crippen molar-refractivity contribution >= 4 is 28.3 Å². The van der Waals surface area contributed by atoms with E-state index in [4.69, 9.17) is 27.9 Å². The molecule has 1 unspecified atom stereocenters. The summed E-state index contributed by atoms with van der Waals surface area (Å²) in [6.07, 6.45) is 5.55. The minimum Gasteiger partial charge on any atom is -0.462 e. The van der Waals surface area contributed by atoms with Crippen LogP contribution >= 0.6 is 11.6 Å². The van der Waals surface area contributed by atoms with Crippen LogP contribution in [-0.2, 0) is 0 Å². The zero-order valence-corrected chi connectivity index (χ0v) is 21.8. The Morgan fingerprint density at radius 2 is 2.03 bits per heavy atom. The topological polar surface area (TPSA) is 75.8 Å². The normalized spacial score (nSPS) is 22.7. The van der Waals surface area contributed by atoms with E-state index in [0.717, 1.165) is 36.9 Å². The van der Waals surface area contributed by atoms with Gasteiger partial charge in [0.2, 0.25) is 6.54 Å². The first-order valence-electron chi connectivity index (χ1n) is 12.8. The number of nitrogens with zero attached hydrogens (tertiary/aromatic N) is 6. The first-order valence-corrected chi connectivity index (χ1v) is 13.2. The Labute approximate surface area is 222 Å². The Kier molecular flexibility index (Phi) is 7.94. The van der Waals surface area contributed by atoms with E-state index in [1.54, 1.807) is 12.3 Å². The summed E-state index contributed by atoms with van der Waals surface area (Å²) in [6, 6.07) is 11.8. The van der Waals surface area contributed by atoms with Gasteiger partial charge in [-0.2, -0.15) is 9.97 Å². The fourth-order valence-electron chi connectivity index (χ4n) is 5.49. The Morgan fingerprint density at radius 3 is 2.78 bits per heavy atom. The maximum absolute atomic E-state index is 12.9. The van der Waals surface area contributed by atoms with Crippen LogP contribution in [0.25, 0.3) is 15.7 Å². The Hall–Kier alpha value is -3.12. The van der Waals surface area contributed by atoms with E-state index in [1.165, 1.54) is 6.42 Å². The third-order valence-electron chi connectivity index (χ3n) is 7.60. The van der Waals surface area contributed by atoms with Crippen LogP contribution in [0.1, 0.15) is 47.7 Å². The standard InChI is InChI=1S/C28H31ClN6O2/c1-30-15-22-13-20(10-12-35(22)17-25(36)19-7-4-3-5-8-19)27-23-16-31-26(29)14-24(23)32-28(33-27)37-18-21-9-6-11-34(21)2/h3-5,7-8,14,16,20-22H,6,9-13,15,17-18H2,2H3/t20?,21-,22+/m0/s1. The molecule has 9 heteroatoms. The van der Waals surface area contributed by atoms with Crippen molar-refractivity contribution in [3.05, 3.63) is 70.4 Å². The second kappa shape index (κ2) is 11.5. The highest BCUT2D eigenvalue weighted by atomic mass is 35.5. The van der Waals surface area contributed by atoms with Crippen LogP contribution in [0.4, 0.5) is 0 Å². The van der Waals surface area contributed by atoms with Crippen LogP contribution in [-0.4, -0.2) is 82.5 Å². The van der Waals surface area contributed by atoms with Gasteiger partial charge in [-0.3, -0.25) is 9.69 Å². The molecular formula is C28H31ClN6O2. The Balaban J connectivity index is 1.37. The van der Waals surface area contributed by atoms with Crippen molar-refractivity contribution < 1.29 is 9.53 Å². The van der Waals surface area contributed by atoms with Crippen LogP contribution in [0.5, 0.6) is 6.01 Å². The molecule has 2 aliphatic heterocycles. The number of carbonyl (C=O) groups is 1. The molecule has 0 saturated carbocycles. The van der Waals surface area contributed by atoms with Crippen molar-refractivity contribution in [3.8, 4) is 6.01 Å². The van der Waals surface area contributed by atoms with Gasteiger partial charge in [-0.1, -0.05) is 41.9 Å². The van der Waals surface area contributed by atoms with E-state index in [9.17, 15) is 4.79 Å². The summed E-state index contributed by atoms with van der Waals surface area (Å²) in [5, 5.41) is 1.23. The molecular weight excluding hydrogens is 488 g/mol. The molecule has 4 heterocycles. The van der Waals surface area contributed by atoms with Crippen LogP contribution in [0, 0.1) is 6.57 Å². The number of carbonyl (C=O) groups excluding carboxylic acids is 1. The first kappa shape index (κ1) is 25.5. The van der Waals surface area contributed by atoms with Gasteiger partial charge in [0.25, 0.3) is 0 Å². The van der Waals surface area contributed by atoms with Gasteiger partial charge in [-0.15, -0.1) is 0 Å². The van der Waals surface area contributed by atoms with Gasteiger partial charge >= 0.3 is 6.01 Å². The third kappa shape index (κ3) is 5.90. The molecule has 3 aromatic rings. The molecule has 3 atom stereocenters. The van der Waals surface area contributed by atoms with Crippen molar-refractivity contribution in [2.45, 2.75) is 43.7 Å². The van der Waals surface area contributed by atoms with Gasteiger partial charge in [-0.25, -0.2) is 11.6 Å². The molecule has 2 saturated heterocycles. The summed E-state index contributed by atoms with van der Waals surface area (Å²) in [5.74, 6) is 0.174. The number of likely N-dealkylation sites (N-methyl/N-ethyl adjacent to an activating group) is 1. The molecule has 0 amide bonds. The minimum atomic E-state index is -0.0364. The predicted molar refractivity (Wildman–Crippen MR) is 143 cm³/mol. The van der Waals surface area contributed by atoms with Crippen molar-refractivity contribution in [3.63, 3.8) is 0 Å². The fraction of sp³-hybridized carbons (Fsp3) is 0.464. The number of benzene rings is 1. The van der Waals surface area contributed by atoms with Crippen LogP contribution in [0.3, 0.4) is 0 Å². The molecule has 8 nitrogen and oxygen atoms in total. The maximum atomic E-state index is 12.9. The number of rotatable bonds is 8. The van der Waals surface area contributed by atoms with Crippen molar-refractivity contribution in [1.29, 1.82) is 0 Å². The average molecular weight is 519 g/mol. The number of ketones is 1. The highest BCUT2D eigenvalue weighted by Crippen LogP contribution is 2.35. The minimum absolute atomic E-state index is 0.0364. The van der Waals surface area contributed by atoms with E-state index in [1.807, 2.05) is 30.3 Å². The number of piperidine rings is 1. The second-order valence-electron chi connectivity index (χ2n) is 9.98. The van der Waals surface area contributed by atoms with E-state index >= 15 is 0 Å². The monoisotopic (exact) mass is 518 g/mol. The zero-order valence-electron chi connectivity index (χ0n) is 21.0. The Bertz CT molecular complexity index is 1300. The second-order valence-corrected chi connectivity index (χ2v) is 10.4. The van der Waals surface area contributed by atoms with Gasteiger partial charge in [0.05, 0.1) is 23.8 Å². The SMILES string of the molecule is [C-]#[N+]C[C@H]1CC(c2nc(OC[C@@H]3CCCN3C)nc3cc(Cl)ncc23)CCN1CC(=O)c1ccccc1. The van der Waals surface area contributed by atoms with E-state index in [0.29, 0.717) is 54.5 Å². The summed E-state index contributed by atoms with van der Waals surface area (Å²) in [5.41, 5.74) is 2.29. The lowest BCUT2D eigenvalue weighted by Crippen LogP contribution is -2.46. The van der Waals surface area contributed by atoms with Crippen molar-refractivity contribution in [1.82, 2.24) is 24.8 Å². The molecule has 2 aromatic heterocycles.